The van der Waals surface area contributed by atoms with Crippen LogP contribution >= 0.6 is 0 Å². The van der Waals surface area contributed by atoms with Gasteiger partial charge >= 0.3 is 0 Å². The van der Waals surface area contributed by atoms with E-state index in [4.69, 9.17) is 9.15 Å². The van der Waals surface area contributed by atoms with Crippen LogP contribution in [0.15, 0.2) is 59.1 Å². The zero-order valence-corrected chi connectivity index (χ0v) is 23.3. The van der Waals surface area contributed by atoms with Crippen LogP contribution in [0.1, 0.15) is 65.7 Å². The normalized spacial score (nSPS) is 21.9. The van der Waals surface area contributed by atoms with Crippen molar-refractivity contribution in [3.63, 3.8) is 0 Å². The van der Waals surface area contributed by atoms with Crippen LogP contribution in [0.25, 0.3) is 11.3 Å². The summed E-state index contributed by atoms with van der Waals surface area (Å²) in [5, 5.41) is 14.7. The number of hydrogen-bond donors (Lipinski definition) is 1. The molecule has 1 N–H and O–H groups in total. The van der Waals surface area contributed by atoms with Crippen LogP contribution < -0.4 is 15.0 Å². The fourth-order valence-corrected chi connectivity index (χ4v) is 6.06. The van der Waals surface area contributed by atoms with Gasteiger partial charge in [0.05, 0.1) is 11.1 Å². The summed E-state index contributed by atoms with van der Waals surface area (Å²) >= 11 is 0. The topological polar surface area (TPSA) is 93.7 Å². The maximum atomic E-state index is 11.0. The molecule has 8 nitrogen and oxygen atoms in total. The molecular formula is C31H40N4O4. The van der Waals surface area contributed by atoms with Gasteiger partial charge in [-0.2, -0.15) is 0 Å². The monoisotopic (exact) mass is 532 g/mol. The van der Waals surface area contributed by atoms with Gasteiger partial charge in [0.15, 0.2) is 5.76 Å². The summed E-state index contributed by atoms with van der Waals surface area (Å²) < 4.78 is 12.1. The first-order valence-corrected chi connectivity index (χ1v) is 14.2. The highest BCUT2D eigenvalue weighted by Gasteiger charge is 2.31. The van der Waals surface area contributed by atoms with Crippen molar-refractivity contribution in [2.45, 2.75) is 77.4 Å². The summed E-state index contributed by atoms with van der Waals surface area (Å²) in [5.74, 6) is 2.77. The third kappa shape index (κ3) is 7.11. The lowest BCUT2D eigenvalue weighted by Crippen LogP contribution is -2.39. The molecule has 3 atom stereocenters. The van der Waals surface area contributed by atoms with Crippen molar-refractivity contribution in [2.75, 3.05) is 23.3 Å². The Morgan fingerprint density at radius 2 is 1.79 bits per heavy atom. The lowest BCUT2D eigenvalue weighted by molar-refractivity contribution is -0.384. The van der Waals surface area contributed by atoms with Gasteiger partial charge in [-0.05, 0) is 101 Å². The lowest BCUT2D eigenvalue weighted by Gasteiger charge is -2.39. The average Bonchev–Trinajstić information content (AvgIpc) is 3.38. The van der Waals surface area contributed by atoms with Gasteiger partial charge in [0.25, 0.3) is 11.7 Å². The minimum absolute atomic E-state index is 0.143. The van der Waals surface area contributed by atoms with E-state index in [9.17, 15) is 10.1 Å². The Morgan fingerprint density at radius 3 is 2.51 bits per heavy atom. The van der Waals surface area contributed by atoms with Crippen LogP contribution in [0.4, 0.5) is 17.4 Å². The molecule has 2 aliphatic rings. The van der Waals surface area contributed by atoms with Crippen molar-refractivity contribution < 1.29 is 14.1 Å². The second-order valence-corrected chi connectivity index (χ2v) is 12.0. The molecule has 0 amide bonds. The Hall–Kier alpha value is -3.55. The largest absolute Gasteiger partial charge is 0.488 e. The number of hydrogen-bond acceptors (Lipinski definition) is 7. The number of anilines is 2. The van der Waals surface area contributed by atoms with Gasteiger partial charge in [0, 0.05) is 42.5 Å². The zero-order chi connectivity index (χ0) is 27.4. The highest BCUT2D eigenvalue weighted by atomic mass is 16.6. The van der Waals surface area contributed by atoms with Gasteiger partial charge in [-0.1, -0.05) is 12.8 Å². The number of oxazole rings is 1. The molecule has 2 fully saturated rings. The summed E-state index contributed by atoms with van der Waals surface area (Å²) in [4.78, 5) is 17.6. The molecule has 208 valence electrons. The van der Waals surface area contributed by atoms with Crippen LogP contribution in [0.3, 0.4) is 0 Å². The standard InChI is InChI=1S/C31H40N4O4/c1-31(2,3)39-27-16-10-23(11-17-27)29-20-32-30(38-29)33-28-9-5-4-8-24(28)19-22-7-6-18-34(21-22)25-12-14-26(15-13-25)35(36)37/h10-17,20,22,24,28H,4-9,18-19,21H2,1-3H3,(H,32,33)/t22-,24+,28-/m1/s1. The summed E-state index contributed by atoms with van der Waals surface area (Å²) in [5.41, 5.74) is 1.96. The third-order valence-electron chi connectivity index (χ3n) is 7.87. The van der Waals surface area contributed by atoms with Gasteiger partial charge in [0.1, 0.15) is 11.4 Å². The minimum atomic E-state index is -0.339. The fraction of sp³-hybridized carbons (Fsp3) is 0.516. The van der Waals surface area contributed by atoms with Gasteiger partial charge in [-0.3, -0.25) is 10.1 Å². The molecule has 1 saturated carbocycles. The number of aromatic nitrogens is 1. The highest BCUT2D eigenvalue weighted by molar-refractivity contribution is 5.58. The Morgan fingerprint density at radius 1 is 1.05 bits per heavy atom. The molecule has 5 rings (SSSR count). The Kier molecular flexibility index (Phi) is 8.10. The number of ether oxygens (including phenoxy) is 1. The zero-order valence-electron chi connectivity index (χ0n) is 23.3. The van der Waals surface area contributed by atoms with Crippen molar-refractivity contribution in [2.24, 2.45) is 11.8 Å². The van der Waals surface area contributed by atoms with E-state index in [2.05, 4.69) is 15.2 Å². The Balaban J connectivity index is 1.19. The van der Waals surface area contributed by atoms with Crippen LogP contribution in [-0.4, -0.2) is 34.6 Å². The fourth-order valence-electron chi connectivity index (χ4n) is 6.06. The third-order valence-corrected chi connectivity index (χ3v) is 7.87. The highest BCUT2D eigenvalue weighted by Crippen LogP contribution is 2.36. The molecule has 2 aromatic carbocycles. The van der Waals surface area contributed by atoms with E-state index < -0.39 is 0 Å². The number of benzene rings is 2. The number of rotatable bonds is 8. The van der Waals surface area contributed by atoms with Gasteiger partial charge in [-0.15, -0.1) is 0 Å². The van der Waals surface area contributed by atoms with Crippen molar-refractivity contribution in [3.05, 3.63) is 64.8 Å². The molecule has 1 saturated heterocycles. The first kappa shape index (κ1) is 27.0. The molecule has 3 aromatic rings. The Labute approximate surface area is 230 Å². The second kappa shape index (κ2) is 11.7. The smallest absolute Gasteiger partial charge is 0.295 e. The van der Waals surface area contributed by atoms with E-state index in [0.717, 1.165) is 48.7 Å². The molecular weight excluding hydrogens is 492 g/mol. The van der Waals surface area contributed by atoms with E-state index in [1.165, 1.54) is 32.1 Å². The number of nitrogens with one attached hydrogen (secondary N) is 1. The molecule has 39 heavy (non-hydrogen) atoms. The van der Waals surface area contributed by atoms with Gasteiger partial charge in [-0.25, -0.2) is 4.98 Å². The summed E-state index contributed by atoms with van der Waals surface area (Å²) in [6.45, 7) is 8.12. The average molecular weight is 533 g/mol. The minimum Gasteiger partial charge on any atom is -0.488 e. The predicted molar refractivity (Wildman–Crippen MR) is 154 cm³/mol. The molecule has 1 aromatic heterocycles. The van der Waals surface area contributed by atoms with E-state index in [-0.39, 0.29) is 16.2 Å². The van der Waals surface area contributed by atoms with Crippen molar-refractivity contribution in [1.29, 1.82) is 0 Å². The first-order valence-electron chi connectivity index (χ1n) is 14.2. The SMILES string of the molecule is CC(C)(C)Oc1ccc(-c2cnc(N[C@@H]3CCCC[C@H]3C[C@H]3CCCN(c4ccc([N+](=O)[O-])cc4)C3)o2)cc1. The van der Waals surface area contributed by atoms with Crippen LogP contribution in [0, 0.1) is 22.0 Å². The number of non-ortho nitro benzene ring substituents is 1. The van der Waals surface area contributed by atoms with Crippen molar-refractivity contribution >= 4 is 17.4 Å². The van der Waals surface area contributed by atoms with Crippen molar-refractivity contribution in [3.8, 4) is 17.1 Å². The lowest BCUT2D eigenvalue weighted by atomic mass is 9.77. The molecule has 8 heteroatoms. The molecule has 0 bridgehead atoms. The van der Waals surface area contributed by atoms with Crippen LogP contribution in [0.2, 0.25) is 0 Å². The van der Waals surface area contributed by atoms with Gasteiger partial charge < -0.3 is 19.4 Å². The Bertz CT molecular complexity index is 1230. The molecule has 0 unspecified atom stereocenters. The maximum Gasteiger partial charge on any atom is 0.295 e. The second-order valence-electron chi connectivity index (χ2n) is 12.0. The van der Waals surface area contributed by atoms with Crippen LogP contribution in [-0.2, 0) is 0 Å². The summed E-state index contributed by atoms with van der Waals surface area (Å²) in [7, 11) is 0. The number of piperidine rings is 1. The van der Waals surface area contributed by atoms with E-state index in [0.29, 0.717) is 23.9 Å². The van der Waals surface area contributed by atoms with E-state index >= 15 is 0 Å². The van der Waals surface area contributed by atoms with E-state index in [1.807, 2.05) is 57.2 Å². The molecule has 1 aliphatic carbocycles. The first-order chi connectivity index (χ1) is 18.7. The predicted octanol–water partition coefficient (Wildman–Crippen LogP) is 7.70. The summed E-state index contributed by atoms with van der Waals surface area (Å²) in [6, 6.07) is 15.9. The number of nitro groups is 1. The molecule has 1 aliphatic heterocycles. The molecule has 0 spiro atoms. The molecule has 0 radical (unpaired) electrons. The van der Waals surface area contributed by atoms with E-state index in [1.54, 1.807) is 18.3 Å². The molecule has 2 heterocycles. The van der Waals surface area contributed by atoms with Gasteiger partial charge in [0.2, 0.25) is 0 Å². The summed E-state index contributed by atoms with van der Waals surface area (Å²) in [6.07, 6.45) is 10.2. The quantitative estimate of drug-likeness (QED) is 0.235. The number of nitro benzene ring substituents is 1. The number of nitrogens with zero attached hydrogens (tertiary/aromatic N) is 3. The maximum absolute atomic E-state index is 11.0. The van der Waals surface area contributed by atoms with Crippen molar-refractivity contribution in [1.82, 2.24) is 4.98 Å². The van der Waals surface area contributed by atoms with Crippen LogP contribution in [0.5, 0.6) is 5.75 Å².